The molecule has 0 bridgehead atoms. The van der Waals surface area contributed by atoms with Gasteiger partial charge < -0.3 is 19.5 Å². The second-order valence-corrected chi connectivity index (χ2v) is 6.16. The number of carbonyl (C=O) groups is 1. The van der Waals surface area contributed by atoms with Crippen LogP contribution in [0, 0.1) is 6.92 Å². The number of benzene rings is 2. The number of amides is 1. The predicted octanol–water partition coefficient (Wildman–Crippen LogP) is 3.53. The average Bonchev–Trinajstić information content (AvgIpc) is 2.64. The molecule has 0 aliphatic heterocycles. The highest BCUT2D eigenvalue weighted by Crippen LogP contribution is 2.27. The Labute approximate surface area is 155 Å². The average molecular weight is 357 g/mol. The Morgan fingerprint density at radius 1 is 1.08 bits per heavy atom. The zero-order valence-electron chi connectivity index (χ0n) is 15.9. The molecule has 0 aliphatic rings. The van der Waals surface area contributed by atoms with E-state index in [1.165, 1.54) is 0 Å². The maximum absolute atomic E-state index is 12.2. The smallest absolute Gasteiger partial charge is 0.260 e. The third-order valence-electron chi connectivity index (χ3n) is 4.06. The first kappa shape index (κ1) is 19.6. The Balaban J connectivity index is 1.76. The van der Waals surface area contributed by atoms with Gasteiger partial charge in [0.15, 0.2) is 17.6 Å². The Bertz CT molecular complexity index is 730. The van der Waals surface area contributed by atoms with Crippen LogP contribution in [0.2, 0.25) is 0 Å². The van der Waals surface area contributed by atoms with Crippen LogP contribution < -0.4 is 19.5 Å². The SMILES string of the molecule is COc1ccc(CCCNC(=O)[C@@H](C)Oc2cccc(C)c2)cc1OC. The third kappa shape index (κ3) is 5.69. The number of ether oxygens (including phenoxy) is 3. The molecule has 1 N–H and O–H groups in total. The first-order valence-electron chi connectivity index (χ1n) is 8.75. The van der Waals surface area contributed by atoms with Crippen LogP contribution in [0.1, 0.15) is 24.5 Å². The zero-order valence-corrected chi connectivity index (χ0v) is 15.9. The van der Waals surface area contributed by atoms with Gasteiger partial charge in [0.2, 0.25) is 0 Å². The highest BCUT2D eigenvalue weighted by Gasteiger charge is 2.14. The van der Waals surface area contributed by atoms with E-state index >= 15 is 0 Å². The molecule has 140 valence electrons. The molecule has 0 unspecified atom stereocenters. The summed E-state index contributed by atoms with van der Waals surface area (Å²) in [5.41, 5.74) is 2.24. The van der Waals surface area contributed by atoms with E-state index < -0.39 is 6.10 Å². The van der Waals surface area contributed by atoms with Gasteiger partial charge in [0.05, 0.1) is 14.2 Å². The van der Waals surface area contributed by atoms with E-state index in [-0.39, 0.29) is 5.91 Å². The number of hydrogen-bond donors (Lipinski definition) is 1. The van der Waals surface area contributed by atoms with Gasteiger partial charge in [0, 0.05) is 6.54 Å². The molecule has 0 radical (unpaired) electrons. The molecule has 1 atom stereocenters. The molecule has 0 fully saturated rings. The van der Waals surface area contributed by atoms with Crippen LogP contribution in [0.15, 0.2) is 42.5 Å². The molecule has 0 saturated carbocycles. The van der Waals surface area contributed by atoms with Crippen molar-refractivity contribution in [3.63, 3.8) is 0 Å². The molecule has 26 heavy (non-hydrogen) atoms. The van der Waals surface area contributed by atoms with E-state index in [0.29, 0.717) is 23.8 Å². The van der Waals surface area contributed by atoms with Crippen LogP contribution in [0.3, 0.4) is 0 Å². The first-order chi connectivity index (χ1) is 12.5. The summed E-state index contributed by atoms with van der Waals surface area (Å²) in [4.78, 5) is 12.2. The molecule has 2 aromatic rings. The van der Waals surface area contributed by atoms with E-state index in [9.17, 15) is 4.79 Å². The van der Waals surface area contributed by atoms with Crippen molar-refractivity contribution in [1.82, 2.24) is 5.32 Å². The van der Waals surface area contributed by atoms with Crippen LogP contribution in [-0.2, 0) is 11.2 Å². The summed E-state index contributed by atoms with van der Waals surface area (Å²) in [5.74, 6) is 2.03. The maximum Gasteiger partial charge on any atom is 0.260 e. The van der Waals surface area contributed by atoms with Gasteiger partial charge in [-0.2, -0.15) is 0 Å². The molecular formula is C21H27NO4. The monoisotopic (exact) mass is 357 g/mol. The molecule has 0 heterocycles. The predicted molar refractivity (Wildman–Crippen MR) is 102 cm³/mol. The Morgan fingerprint density at radius 3 is 2.54 bits per heavy atom. The van der Waals surface area contributed by atoms with Crippen molar-refractivity contribution in [3.8, 4) is 17.2 Å². The van der Waals surface area contributed by atoms with E-state index in [0.717, 1.165) is 24.0 Å². The van der Waals surface area contributed by atoms with E-state index in [4.69, 9.17) is 14.2 Å². The third-order valence-corrected chi connectivity index (χ3v) is 4.06. The van der Waals surface area contributed by atoms with Crippen molar-refractivity contribution in [2.24, 2.45) is 0 Å². The minimum Gasteiger partial charge on any atom is -0.493 e. The summed E-state index contributed by atoms with van der Waals surface area (Å²) in [6.45, 7) is 4.34. The molecule has 1 amide bonds. The second-order valence-electron chi connectivity index (χ2n) is 6.16. The van der Waals surface area contributed by atoms with Crippen LogP contribution in [0.25, 0.3) is 0 Å². The molecule has 2 rings (SSSR count). The van der Waals surface area contributed by atoms with Crippen LogP contribution in [-0.4, -0.2) is 32.8 Å². The second kappa shape index (κ2) is 9.70. The van der Waals surface area contributed by atoms with E-state index in [1.807, 2.05) is 49.4 Å². The largest absolute Gasteiger partial charge is 0.493 e. The van der Waals surface area contributed by atoms with Crippen molar-refractivity contribution < 1.29 is 19.0 Å². The number of hydrogen-bond acceptors (Lipinski definition) is 4. The minimum atomic E-state index is -0.530. The molecule has 2 aromatic carbocycles. The number of methoxy groups -OCH3 is 2. The van der Waals surface area contributed by atoms with Gasteiger partial charge in [-0.3, -0.25) is 4.79 Å². The quantitative estimate of drug-likeness (QED) is 0.698. The topological polar surface area (TPSA) is 56.8 Å². The fraction of sp³-hybridized carbons (Fsp3) is 0.381. The lowest BCUT2D eigenvalue weighted by atomic mass is 10.1. The number of carbonyl (C=O) groups excluding carboxylic acids is 1. The van der Waals surface area contributed by atoms with Gasteiger partial charge in [-0.05, 0) is 62.1 Å². The van der Waals surface area contributed by atoms with Crippen molar-refractivity contribution in [2.45, 2.75) is 32.8 Å². The zero-order chi connectivity index (χ0) is 18.9. The van der Waals surface area contributed by atoms with Gasteiger partial charge >= 0.3 is 0 Å². The summed E-state index contributed by atoms with van der Waals surface area (Å²) >= 11 is 0. The fourth-order valence-electron chi connectivity index (χ4n) is 2.63. The molecular weight excluding hydrogens is 330 g/mol. The van der Waals surface area contributed by atoms with Gasteiger partial charge in [0.25, 0.3) is 5.91 Å². The van der Waals surface area contributed by atoms with Gasteiger partial charge in [-0.15, -0.1) is 0 Å². The molecule has 0 spiro atoms. The first-order valence-corrected chi connectivity index (χ1v) is 8.75. The van der Waals surface area contributed by atoms with Crippen molar-refractivity contribution in [1.29, 1.82) is 0 Å². The van der Waals surface area contributed by atoms with Gasteiger partial charge in [0.1, 0.15) is 5.75 Å². The number of nitrogens with one attached hydrogen (secondary N) is 1. The van der Waals surface area contributed by atoms with Crippen LogP contribution >= 0.6 is 0 Å². The minimum absolute atomic E-state index is 0.112. The van der Waals surface area contributed by atoms with Crippen molar-refractivity contribution in [3.05, 3.63) is 53.6 Å². The standard InChI is InChI=1S/C21H27NO4/c1-15-7-5-9-18(13-15)26-16(2)21(23)22-12-6-8-17-10-11-19(24-3)20(14-17)25-4/h5,7,9-11,13-14,16H,6,8,12H2,1-4H3,(H,22,23)/t16-/m1/s1. The highest BCUT2D eigenvalue weighted by atomic mass is 16.5. The molecule has 0 aliphatic carbocycles. The van der Waals surface area contributed by atoms with Gasteiger partial charge in [-0.25, -0.2) is 0 Å². The summed E-state index contributed by atoms with van der Waals surface area (Å²) in [6.07, 6.45) is 1.14. The van der Waals surface area contributed by atoms with Crippen LogP contribution in [0.5, 0.6) is 17.2 Å². The van der Waals surface area contributed by atoms with Gasteiger partial charge in [-0.1, -0.05) is 18.2 Å². The molecule has 5 nitrogen and oxygen atoms in total. The Kier molecular flexibility index (Phi) is 7.33. The summed E-state index contributed by atoms with van der Waals surface area (Å²) in [7, 11) is 3.24. The summed E-state index contributed by atoms with van der Waals surface area (Å²) in [6, 6.07) is 13.5. The maximum atomic E-state index is 12.2. The highest BCUT2D eigenvalue weighted by molar-refractivity contribution is 5.80. The molecule has 0 aromatic heterocycles. The normalized spacial score (nSPS) is 11.5. The lowest BCUT2D eigenvalue weighted by Crippen LogP contribution is -2.36. The fourth-order valence-corrected chi connectivity index (χ4v) is 2.63. The lowest BCUT2D eigenvalue weighted by molar-refractivity contribution is -0.127. The number of aryl methyl sites for hydroxylation is 2. The number of rotatable bonds is 9. The van der Waals surface area contributed by atoms with Crippen LogP contribution in [0.4, 0.5) is 0 Å². The summed E-state index contributed by atoms with van der Waals surface area (Å²) < 4.78 is 16.2. The Hall–Kier alpha value is -2.69. The summed E-state index contributed by atoms with van der Waals surface area (Å²) in [5, 5.41) is 2.92. The van der Waals surface area contributed by atoms with Crippen molar-refractivity contribution in [2.75, 3.05) is 20.8 Å². The lowest BCUT2D eigenvalue weighted by Gasteiger charge is -2.15. The Morgan fingerprint density at radius 2 is 1.85 bits per heavy atom. The molecule has 0 saturated heterocycles. The van der Waals surface area contributed by atoms with Crippen molar-refractivity contribution >= 4 is 5.91 Å². The molecule has 5 heteroatoms. The van der Waals surface area contributed by atoms with E-state index in [2.05, 4.69) is 5.32 Å². The van der Waals surface area contributed by atoms with E-state index in [1.54, 1.807) is 21.1 Å².